The Kier molecular flexibility index (Phi) is 3.61. The first-order valence-corrected chi connectivity index (χ1v) is 10.1. The molecule has 5 rings (SSSR count). The quantitative estimate of drug-likeness (QED) is 0.781. The lowest BCUT2D eigenvalue weighted by molar-refractivity contribution is -0.0127. The van der Waals surface area contributed by atoms with Gasteiger partial charge >= 0.3 is 6.03 Å². The topological polar surface area (TPSA) is 101 Å². The molecule has 4 aliphatic rings. The summed E-state index contributed by atoms with van der Waals surface area (Å²) in [4.78, 5) is 12.5. The molecule has 1 aromatic carbocycles. The zero-order valence-electron chi connectivity index (χ0n) is 13.5. The third-order valence-corrected chi connectivity index (χ3v) is 6.75. The Bertz CT molecular complexity index is 740. The van der Waals surface area contributed by atoms with E-state index in [2.05, 4.69) is 10.6 Å². The van der Waals surface area contributed by atoms with Crippen LogP contribution in [0.2, 0.25) is 0 Å². The second-order valence-electron chi connectivity index (χ2n) is 7.85. The molecule has 4 N–H and O–H groups in total. The normalized spacial score (nSPS) is 34.1. The molecule has 0 aliphatic heterocycles. The predicted octanol–water partition coefficient (Wildman–Crippen LogP) is 2.42. The van der Waals surface area contributed by atoms with Crippen molar-refractivity contribution < 1.29 is 13.2 Å². The number of nitrogens with one attached hydrogen (secondary N) is 2. The molecule has 4 fully saturated rings. The lowest BCUT2D eigenvalue weighted by atomic mass is 9.53. The van der Waals surface area contributed by atoms with Crippen LogP contribution in [0.25, 0.3) is 0 Å². The molecular formula is C17H23N3O3S. The number of benzene rings is 1. The summed E-state index contributed by atoms with van der Waals surface area (Å²) in [6, 6.07) is 5.77. The van der Waals surface area contributed by atoms with Crippen molar-refractivity contribution >= 4 is 21.7 Å². The van der Waals surface area contributed by atoms with Gasteiger partial charge in [0, 0.05) is 11.2 Å². The third-order valence-electron chi connectivity index (χ3n) is 5.84. The highest BCUT2D eigenvalue weighted by Gasteiger charge is 2.51. The first kappa shape index (κ1) is 15.9. The fourth-order valence-electron chi connectivity index (χ4n) is 5.42. The average Bonchev–Trinajstić information content (AvgIpc) is 2.44. The fraction of sp³-hybridized carbons (Fsp3) is 0.588. The van der Waals surface area contributed by atoms with Crippen molar-refractivity contribution in [2.45, 2.75) is 49.0 Å². The number of carbonyl (C=O) groups excluding carboxylic acids is 1. The number of urea groups is 1. The van der Waals surface area contributed by atoms with Crippen LogP contribution < -0.4 is 15.8 Å². The molecule has 6 nitrogen and oxygen atoms in total. The highest BCUT2D eigenvalue weighted by atomic mass is 32.2. The van der Waals surface area contributed by atoms with Crippen LogP contribution in [0, 0.1) is 17.8 Å². The lowest BCUT2D eigenvalue weighted by Crippen LogP contribution is -2.60. The Labute approximate surface area is 142 Å². The largest absolute Gasteiger partial charge is 0.332 e. The molecule has 0 aromatic heterocycles. The van der Waals surface area contributed by atoms with Gasteiger partial charge in [-0.2, -0.15) is 0 Å². The number of sulfonamides is 1. The molecule has 4 aliphatic carbocycles. The zero-order valence-corrected chi connectivity index (χ0v) is 14.3. The first-order chi connectivity index (χ1) is 11.3. The molecule has 0 radical (unpaired) electrons. The summed E-state index contributed by atoms with van der Waals surface area (Å²) >= 11 is 0. The maximum Gasteiger partial charge on any atom is 0.319 e. The molecule has 4 saturated carbocycles. The first-order valence-electron chi connectivity index (χ1n) is 8.53. The molecule has 0 atom stereocenters. The summed E-state index contributed by atoms with van der Waals surface area (Å²) in [5.41, 5.74) is 0.361. The van der Waals surface area contributed by atoms with Crippen molar-refractivity contribution in [3.63, 3.8) is 0 Å². The summed E-state index contributed by atoms with van der Waals surface area (Å²) < 4.78 is 22.8. The van der Waals surface area contributed by atoms with E-state index >= 15 is 0 Å². The van der Waals surface area contributed by atoms with Gasteiger partial charge in [-0.05, 0) is 74.5 Å². The van der Waals surface area contributed by atoms with Gasteiger partial charge in [0.05, 0.1) is 4.90 Å². The fourth-order valence-corrected chi connectivity index (χ4v) is 5.98. The summed E-state index contributed by atoms with van der Waals surface area (Å²) in [6.07, 6.45) is 7.17. The molecule has 130 valence electrons. The van der Waals surface area contributed by atoms with Gasteiger partial charge in [0.2, 0.25) is 10.0 Å². The summed E-state index contributed by atoms with van der Waals surface area (Å²) in [5.74, 6) is 2.26. The summed E-state index contributed by atoms with van der Waals surface area (Å²) in [5, 5.41) is 11.1. The van der Waals surface area contributed by atoms with Crippen LogP contribution in [0.4, 0.5) is 10.5 Å². The van der Waals surface area contributed by atoms with Crippen LogP contribution in [-0.4, -0.2) is 20.0 Å². The van der Waals surface area contributed by atoms with E-state index in [-0.39, 0.29) is 16.5 Å². The van der Waals surface area contributed by atoms with Crippen LogP contribution in [0.5, 0.6) is 0 Å². The van der Waals surface area contributed by atoms with Crippen molar-refractivity contribution in [2.24, 2.45) is 22.9 Å². The van der Waals surface area contributed by atoms with E-state index in [1.807, 2.05) is 0 Å². The number of anilines is 1. The number of hydrogen-bond acceptors (Lipinski definition) is 3. The number of rotatable bonds is 3. The molecule has 0 unspecified atom stereocenters. The maximum absolute atomic E-state index is 12.5. The molecule has 4 bridgehead atoms. The minimum Gasteiger partial charge on any atom is -0.332 e. The van der Waals surface area contributed by atoms with Crippen molar-refractivity contribution in [2.75, 3.05) is 5.32 Å². The number of hydrogen-bond donors (Lipinski definition) is 3. The SMILES string of the molecule is NS(=O)(=O)c1cccc(NC(=O)NC23CC4CC(CC(C4)C2)C3)c1. The molecule has 2 amide bonds. The maximum atomic E-state index is 12.5. The van der Waals surface area contributed by atoms with Crippen molar-refractivity contribution in [3.8, 4) is 0 Å². The molecule has 0 saturated heterocycles. The summed E-state index contributed by atoms with van der Waals surface area (Å²) in [6.45, 7) is 0. The van der Waals surface area contributed by atoms with Gasteiger partial charge in [-0.3, -0.25) is 0 Å². The number of carbonyl (C=O) groups is 1. The van der Waals surface area contributed by atoms with Crippen molar-refractivity contribution in [1.29, 1.82) is 0 Å². The van der Waals surface area contributed by atoms with E-state index in [1.54, 1.807) is 12.1 Å². The van der Waals surface area contributed by atoms with Crippen LogP contribution in [-0.2, 0) is 10.0 Å². The van der Waals surface area contributed by atoms with Crippen LogP contribution in [0.1, 0.15) is 38.5 Å². The molecule has 0 heterocycles. The van der Waals surface area contributed by atoms with Crippen molar-refractivity contribution in [1.82, 2.24) is 5.32 Å². The van der Waals surface area contributed by atoms with Crippen LogP contribution >= 0.6 is 0 Å². The minimum absolute atomic E-state index is 0.00453. The zero-order chi connectivity index (χ0) is 16.9. The smallest absolute Gasteiger partial charge is 0.319 e. The highest BCUT2D eigenvalue weighted by molar-refractivity contribution is 7.89. The standard InChI is InChI=1S/C17H23N3O3S/c18-24(22,23)15-3-1-2-14(7-15)19-16(21)20-17-8-11-4-12(9-17)6-13(5-11)10-17/h1-3,7,11-13H,4-6,8-10H2,(H2,18,22,23)(H2,19,20,21). The molecule has 0 spiro atoms. The lowest BCUT2D eigenvalue weighted by Gasteiger charge is -2.56. The van der Waals surface area contributed by atoms with Crippen LogP contribution in [0.3, 0.4) is 0 Å². The van der Waals surface area contributed by atoms with Crippen LogP contribution in [0.15, 0.2) is 29.2 Å². The van der Waals surface area contributed by atoms with Gasteiger partial charge < -0.3 is 10.6 Å². The van der Waals surface area contributed by atoms with Gasteiger partial charge in [-0.15, -0.1) is 0 Å². The second-order valence-corrected chi connectivity index (χ2v) is 9.41. The predicted molar refractivity (Wildman–Crippen MR) is 90.9 cm³/mol. The Balaban J connectivity index is 1.46. The van der Waals surface area contributed by atoms with Gasteiger partial charge in [0.15, 0.2) is 0 Å². The molecule has 7 heteroatoms. The summed E-state index contributed by atoms with van der Waals surface area (Å²) in [7, 11) is -3.78. The Hall–Kier alpha value is -1.60. The van der Waals surface area contributed by atoms with Gasteiger partial charge in [-0.1, -0.05) is 6.07 Å². The Morgan fingerprint density at radius 1 is 1.08 bits per heavy atom. The number of amides is 2. The van der Waals surface area contributed by atoms with E-state index in [9.17, 15) is 13.2 Å². The third kappa shape index (κ3) is 3.02. The minimum atomic E-state index is -3.78. The Morgan fingerprint density at radius 3 is 2.21 bits per heavy atom. The average molecular weight is 349 g/mol. The van der Waals surface area contributed by atoms with E-state index in [1.165, 1.54) is 31.4 Å². The number of nitrogens with two attached hydrogens (primary N) is 1. The van der Waals surface area contributed by atoms with E-state index in [0.717, 1.165) is 37.0 Å². The molecular weight excluding hydrogens is 326 g/mol. The van der Waals surface area contributed by atoms with E-state index < -0.39 is 10.0 Å². The highest BCUT2D eigenvalue weighted by Crippen LogP contribution is 2.55. The van der Waals surface area contributed by atoms with E-state index in [0.29, 0.717) is 5.69 Å². The van der Waals surface area contributed by atoms with E-state index in [4.69, 9.17) is 5.14 Å². The monoisotopic (exact) mass is 349 g/mol. The second kappa shape index (κ2) is 5.46. The van der Waals surface area contributed by atoms with Gasteiger partial charge in [0.25, 0.3) is 0 Å². The van der Waals surface area contributed by atoms with Gasteiger partial charge in [-0.25, -0.2) is 18.4 Å². The number of primary sulfonamides is 1. The molecule has 24 heavy (non-hydrogen) atoms. The molecule has 1 aromatic rings. The van der Waals surface area contributed by atoms with Gasteiger partial charge in [0.1, 0.15) is 0 Å². The Morgan fingerprint density at radius 2 is 1.67 bits per heavy atom. The van der Waals surface area contributed by atoms with Crippen molar-refractivity contribution in [3.05, 3.63) is 24.3 Å².